The summed E-state index contributed by atoms with van der Waals surface area (Å²) in [4.78, 5) is 23.4. The Kier molecular flexibility index (Phi) is 7.73. The number of aliphatic carboxylic acids is 1. The Hall–Kier alpha value is -1.88. The lowest BCUT2D eigenvalue weighted by Gasteiger charge is -2.60. The molecular formula is C25H38O5. The van der Waals surface area contributed by atoms with E-state index in [1.165, 1.54) is 11.6 Å². The molecule has 5 atom stereocenters. The van der Waals surface area contributed by atoms with Gasteiger partial charge in [-0.25, -0.2) is 9.59 Å². The lowest BCUT2D eigenvalue weighted by Crippen LogP contribution is -2.58. The second kappa shape index (κ2) is 9.51. The van der Waals surface area contributed by atoms with Crippen LogP contribution in [0.25, 0.3) is 0 Å². The third kappa shape index (κ3) is 4.72. The molecule has 0 amide bonds. The van der Waals surface area contributed by atoms with Crippen molar-refractivity contribution in [3.63, 3.8) is 0 Å². The monoisotopic (exact) mass is 418 g/mol. The molecule has 0 unspecified atom stereocenters. The number of aliphatic hydroxyl groups excluding tert-OH is 1. The van der Waals surface area contributed by atoms with Gasteiger partial charge in [0.15, 0.2) is 0 Å². The third-order valence-electron chi connectivity index (χ3n) is 7.86. The summed E-state index contributed by atoms with van der Waals surface area (Å²) < 4.78 is 5.88. The molecule has 0 saturated heterocycles. The lowest BCUT2D eigenvalue weighted by atomic mass is 9.46. The summed E-state index contributed by atoms with van der Waals surface area (Å²) >= 11 is 0. The van der Waals surface area contributed by atoms with E-state index in [1.807, 2.05) is 13.8 Å². The first kappa shape index (κ1) is 24.4. The van der Waals surface area contributed by atoms with E-state index in [-0.39, 0.29) is 35.9 Å². The molecule has 168 valence electrons. The number of carbonyl (C=O) groups is 2. The number of fused-ring (bicyclic) bond motifs is 1. The van der Waals surface area contributed by atoms with Crippen LogP contribution in [-0.2, 0) is 14.3 Å². The van der Waals surface area contributed by atoms with E-state index < -0.39 is 11.4 Å². The summed E-state index contributed by atoms with van der Waals surface area (Å²) in [6.45, 7) is 14.1. The molecule has 0 aromatic heterocycles. The zero-order valence-corrected chi connectivity index (χ0v) is 19.2. The highest BCUT2D eigenvalue weighted by Gasteiger charge is 2.58. The smallest absolute Gasteiger partial charge is 0.333 e. The van der Waals surface area contributed by atoms with Crippen molar-refractivity contribution in [3.05, 3.63) is 35.5 Å². The van der Waals surface area contributed by atoms with Crippen LogP contribution < -0.4 is 0 Å². The fourth-order valence-corrected chi connectivity index (χ4v) is 5.90. The first-order chi connectivity index (χ1) is 14.0. The summed E-state index contributed by atoms with van der Waals surface area (Å²) in [6, 6.07) is 0. The molecule has 2 N–H and O–H groups in total. The van der Waals surface area contributed by atoms with Gasteiger partial charge in [0, 0.05) is 17.1 Å². The summed E-state index contributed by atoms with van der Waals surface area (Å²) in [5.41, 5.74) is 2.09. The zero-order valence-electron chi connectivity index (χ0n) is 19.2. The molecule has 0 bridgehead atoms. The number of carboxylic acids is 1. The zero-order chi connectivity index (χ0) is 22.7. The third-order valence-corrected chi connectivity index (χ3v) is 7.86. The van der Waals surface area contributed by atoms with Crippen molar-refractivity contribution in [2.75, 3.05) is 6.61 Å². The number of carbonyl (C=O) groups excluding carboxylic acids is 1. The van der Waals surface area contributed by atoms with E-state index in [9.17, 15) is 14.7 Å². The van der Waals surface area contributed by atoms with Gasteiger partial charge in [-0.1, -0.05) is 37.6 Å². The van der Waals surface area contributed by atoms with Gasteiger partial charge in [-0.05, 0) is 76.5 Å². The molecule has 0 spiro atoms. The molecule has 2 aliphatic rings. The van der Waals surface area contributed by atoms with Gasteiger partial charge in [-0.2, -0.15) is 0 Å². The second-order valence-electron chi connectivity index (χ2n) is 9.74. The minimum absolute atomic E-state index is 0.0305. The van der Waals surface area contributed by atoms with Crippen LogP contribution in [0.5, 0.6) is 0 Å². The maximum atomic E-state index is 12.4. The molecule has 0 aromatic carbocycles. The Morgan fingerprint density at radius 3 is 2.50 bits per heavy atom. The van der Waals surface area contributed by atoms with Crippen LogP contribution in [-0.4, -0.2) is 34.9 Å². The normalized spacial score (nSPS) is 35.0. The quantitative estimate of drug-likeness (QED) is 0.343. The standard InChI is InChI=1S/C25H38O5/c1-7-17(3)23(29)30-21-12-13-24(5)19(10-8-16(2)14-22(27)28)18(4)9-11-20(24)25(21,6)15-26/h7,14,19-21,26H,4,8-13,15H2,1-3,5-6H3,(H,27,28)/b16-14+,17-7-/t19-,20+,21-,24+,25-/m1/s1. The number of rotatable bonds is 7. The highest BCUT2D eigenvalue weighted by Crippen LogP contribution is 2.62. The van der Waals surface area contributed by atoms with Gasteiger partial charge < -0.3 is 14.9 Å². The molecule has 2 fully saturated rings. The number of hydrogen-bond acceptors (Lipinski definition) is 4. The molecule has 2 saturated carbocycles. The number of hydrogen-bond donors (Lipinski definition) is 2. The maximum absolute atomic E-state index is 12.4. The van der Waals surface area contributed by atoms with Gasteiger partial charge in [0.25, 0.3) is 0 Å². The van der Waals surface area contributed by atoms with Crippen molar-refractivity contribution in [2.45, 2.75) is 79.2 Å². The summed E-state index contributed by atoms with van der Waals surface area (Å²) in [5.74, 6) is -0.762. The predicted molar refractivity (Wildman–Crippen MR) is 118 cm³/mol. The average molecular weight is 419 g/mol. The van der Waals surface area contributed by atoms with E-state index in [2.05, 4.69) is 20.4 Å². The summed E-state index contributed by atoms with van der Waals surface area (Å²) in [7, 11) is 0. The Bertz CT molecular complexity index is 749. The van der Waals surface area contributed by atoms with Crippen LogP contribution in [0.1, 0.15) is 73.1 Å². The SMILES string of the molecule is C=C1CC[C@H]2[C@@](C)(CC[C@@H](OC(=O)/C(C)=C\C)[C@]2(C)CO)[C@@H]1CC/C(C)=C/C(=O)O. The Morgan fingerprint density at radius 1 is 1.27 bits per heavy atom. The van der Waals surface area contributed by atoms with Crippen molar-refractivity contribution in [1.29, 1.82) is 0 Å². The topological polar surface area (TPSA) is 83.8 Å². The molecule has 5 nitrogen and oxygen atoms in total. The molecule has 0 radical (unpaired) electrons. The molecule has 0 heterocycles. The van der Waals surface area contributed by atoms with Gasteiger partial charge in [-0.3, -0.25) is 0 Å². The highest BCUT2D eigenvalue weighted by atomic mass is 16.5. The number of esters is 1. The van der Waals surface area contributed by atoms with E-state index in [0.717, 1.165) is 31.3 Å². The Labute approximate surface area is 180 Å². The van der Waals surface area contributed by atoms with Crippen LogP contribution in [0.3, 0.4) is 0 Å². The van der Waals surface area contributed by atoms with Crippen LogP contribution in [0, 0.1) is 22.7 Å². The van der Waals surface area contributed by atoms with Gasteiger partial charge >= 0.3 is 11.9 Å². The van der Waals surface area contributed by atoms with Crippen LogP contribution >= 0.6 is 0 Å². The van der Waals surface area contributed by atoms with Crippen LogP contribution in [0.2, 0.25) is 0 Å². The molecule has 5 heteroatoms. The fraction of sp³-hybridized carbons (Fsp3) is 0.680. The van der Waals surface area contributed by atoms with Crippen molar-refractivity contribution >= 4 is 11.9 Å². The average Bonchev–Trinajstić information content (AvgIpc) is 2.68. The number of aliphatic hydroxyl groups is 1. The lowest BCUT2D eigenvalue weighted by molar-refractivity contribution is -0.184. The largest absolute Gasteiger partial charge is 0.478 e. The predicted octanol–water partition coefficient (Wildman–Crippen LogP) is 5.06. The Morgan fingerprint density at radius 2 is 1.93 bits per heavy atom. The molecular weight excluding hydrogens is 380 g/mol. The summed E-state index contributed by atoms with van der Waals surface area (Å²) in [5, 5.41) is 19.5. The maximum Gasteiger partial charge on any atom is 0.333 e. The van der Waals surface area contributed by atoms with Crippen molar-refractivity contribution in [3.8, 4) is 0 Å². The van der Waals surface area contributed by atoms with Gasteiger partial charge in [0.2, 0.25) is 0 Å². The molecule has 30 heavy (non-hydrogen) atoms. The second-order valence-corrected chi connectivity index (χ2v) is 9.74. The Balaban J connectivity index is 2.28. The molecule has 0 aromatic rings. The van der Waals surface area contributed by atoms with Gasteiger partial charge in [0.1, 0.15) is 6.10 Å². The van der Waals surface area contributed by atoms with Crippen molar-refractivity contribution in [2.24, 2.45) is 22.7 Å². The fourth-order valence-electron chi connectivity index (χ4n) is 5.90. The van der Waals surface area contributed by atoms with Crippen LogP contribution in [0.4, 0.5) is 0 Å². The highest BCUT2D eigenvalue weighted by molar-refractivity contribution is 5.87. The number of allylic oxidation sites excluding steroid dienone is 3. The molecule has 0 aliphatic heterocycles. The number of ether oxygens (including phenoxy) is 1. The van der Waals surface area contributed by atoms with E-state index in [0.29, 0.717) is 18.4 Å². The molecule has 2 rings (SSSR count). The molecule has 2 aliphatic carbocycles. The first-order valence-corrected chi connectivity index (χ1v) is 11.0. The summed E-state index contributed by atoms with van der Waals surface area (Å²) in [6.07, 6.45) is 7.69. The van der Waals surface area contributed by atoms with E-state index in [1.54, 1.807) is 13.0 Å². The van der Waals surface area contributed by atoms with Crippen molar-refractivity contribution in [1.82, 2.24) is 0 Å². The van der Waals surface area contributed by atoms with E-state index in [4.69, 9.17) is 9.84 Å². The van der Waals surface area contributed by atoms with Gasteiger partial charge in [-0.15, -0.1) is 0 Å². The first-order valence-electron chi connectivity index (χ1n) is 11.0. The van der Waals surface area contributed by atoms with Crippen LogP contribution in [0.15, 0.2) is 35.5 Å². The van der Waals surface area contributed by atoms with Crippen molar-refractivity contribution < 1.29 is 24.5 Å². The van der Waals surface area contributed by atoms with Gasteiger partial charge in [0.05, 0.1) is 6.61 Å². The minimum Gasteiger partial charge on any atom is -0.478 e. The minimum atomic E-state index is -0.911. The number of carboxylic acid groups (broad SMARTS) is 1. The van der Waals surface area contributed by atoms with E-state index >= 15 is 0 Å².